The van der Waals surface area contributed by atoms with Gasteiger partial charge in [0, 0.05) is 65.1 Å². The summed E-state index contributed by atoms with van der Waals surface area (Å²) < 4.78 is 55.2. The maximum Gasteiger partial charge on any atom is 0.341 e. The highest BCUT2D eigenvalue weighted by Gasteiger charge is 2.30. The first-order chi connectivity index (χ1) is 21.9. The van der Waals surface area contributed by atoms with Crippen molar-refractivity contribution in [1.82, 2.24) is 24.6 Å². The molecule has 1 fully saturated rings. The van der Waals surface area contributed by atoms with Crippen LogP contribution in [0.4, 0.5) is 0 Å². The van der Waals surface area contributed by atoms with Crippen molar-refractivity contribution in [3.05, 3.63) is 30.1 Å². The van der Waals surface area contributed by atoms with Crippen molar-refractivity contribution in [2.45, 2.75) is 65.8 Å². The van der Waals surface area contributed by atoms with E-state index in [0.717, 1.165) is 25.0 Å². The molecule has 1 aromatic heterocycles. The minimum absolute atomic E-state index is 0.166. The van der Waals surface area contributed by atoms with Gasteiger partial charge in [-0.05, 0) is 31.4 Å². The molecular weight excluding hydrogens is 655 g/mol. The summed E-state index contributed by atoms with van der Waals surface area (Å²) in [6.07, 6.45) is 5.71. The number of unbranched alkanes of at least 4 members (excludes halogenated alkanes) is 3. The highest BCUT2D eigenvalue weighted by Crippen LogP contribution is 2.45. The van der Waals surface area contributed by atoms with Gasteiger partial charge in [-0.1, -0.05) is 46.1 Å². The molecule has 3 atom stereocenters. The molecule has 0 radical (unpaired) electrons. The maximum atomic E-state index is 13.0. The molecule has 3 N–H and O–H groups in total. The summed E-state index contributed by atoms with van der Waals surface area (Å²) in [5.74, 6) is 0. The van der Waals surface area contributed by atoms with E-state index in [4.69, 9.17) is 13.6 Å². The second-order valence-electron chi connectivity index (χ2n) is 11.8. The van der Waals surface area contributed by atoms with Gasteiger partial charge in [0.05, 0.1) is 25.5 Å². The third-order valence-electron chi connectivity index (χ3n) is 7.55. The topological polar surface area (TPSA) is 165 Å². The molecule has 0 saturated carbocycles. The van der Waals surface area contributed by atoms with Gasteiger partial charge in [0.25, 0.3) is 0 Å². The van der Waals surface area contributed by atoms with E-state index in [0.29, 0.717) is 78.2 Å². The van der Waals surface area contributed by atoms with Crippen molar-refractivity contribution in [3.63, 3.8) is 0 Å². The zero-order valence-electron chi connectivity index (χ0n) is 28.0. The molecule has 17 heteroatoms. The van der Waals surface area contributed by atoms with Gasteiger partial charge in [0.1, 0.15) is 18.9 Å². The van der Waals surface area contributed by atoms with E-state index in [2.05, 4.69) is 9.88 Å². The summed E-state index contributed by atoms with van der Waals surface area (Å²) in [6.45, 7) is 10.3. The molecule has 0 amide bonds. The Morgan fingerprint density at radius 1 is 0.609 bits per heavy atom. The van der Waals surface area contributed by atoms with Crippen molar-refractivity contribution in [2.75, 3.05) is 91.0 Å². The van der Waals surface area contributed by atoms with E-state index in [1.54, 1.807) is 11.1 Å². The lowest BCUT2D eigenvalue weighted by molar-refractivity contribution is 0.135. The highest BCUT2D eigenvalue weighted by molar-refractivity contribution is 7.53. The Bertz CT molecular complexity index is 1060. The van der Waals surface area contributed by atoms with Crippen LogP contribution in [0.2, 0.25) is 0 Å². The number of hydrogen-bond donors (Lipinski definition) is 3. The molecule has 3 unspecified atom stereocenters. The van der Waals surface area contributed by atoms with Crippen LogP contribution in [0.1, 0.15) is 65.0 Å². The van der Waals surface area contributed by atoms with Gasteiger partial charge in [0.15, 0.2) is 0 Å². The van der Waals surface area contributed by atoms with Crippen molar-refractivity contribution in [1.29, 1.82) is 0 Å². The standard InChI is InChI=1S/C29H58N5O9P3/c1-4-7-22-41-44(35,36)26-32-16-14-31(25-29-12-10-11-13-30-29)15-17-33(27-45(37,38)42-23-8-5-2)19-21-34(20-18-32)28-46(39,40)43-24-9-6-3/h10-13H,4-9,14-28H2,1-3H3,(H,35,36)(H,37,38)(H,39,40). The minimum atomic E-state index is -3.96. The van der Waals surface area contributed by atoms with Gasteiger partial charge >= 0.3 is 22.8 Å². The molecule has 0 spiro atoms. The fourth-order valence-corrected chi connectivity index (χ4v) is 8.67. The quantitative estimate of drug-likeness (QED) is 0.126. The first kappa shape index (κ1) is 41.6. The Morgan fingerprint density at radius 2 is 0.957 bits per heavy atom. The zero-order chi connectivity index (χ0) is 33.9. The molecule has 0 bridgehead atoms. The Kier molecular flexibility index (Phi) is 20.1. The second kappa shape index (κ2) is 22.2. The number of aromatic nitrogens is 1. The lowest BCUT2D eigenvalue weighted by Crippen LogP contribution is -2.46. The van der Waals surface area contributed by atoms with Crippen molar-refractivity contribution in [2.24, 2.45) is 0 Å². The maximum absolute atomic E-state index is 13.0. The van der Waals surface area contributed by atoms with Crippen LogP contribution in [0, 0.1) is 0 Å². The van der Waals surface area contributed by atoms with Gasteiger partial charge in [-0.2, -0.15) is 0 Å². The first-order valence-corrected chi connectivity index (χ1v) is 21.8. The van der Waals surface area contributed by atoms with Crippen molar-refractivity contribution < 1.29 is 41.9 Å². The number of nitrogens with zero attached hydrogens (tertiary/aromatic N) is 5. The zero-order valence-corrected chi connectivity index (χ0v) is 30.7. The summed E-state index contributed by atoms with van der Waals surface area (Å²) >= 11 is 0. The third-order valence-corrected chi connectivity index (χ3v) is 11.6. The van der Waals surface area contributed by atoms with Crippen LogP contribution in [0.3, 0.4) is 0 Å². The molecule has 1 aliphatic heterocycles. The van der Waals surface area contributed by atoms with Crippen LogP contribution in [-0.2, 0) is 33.8 Å². The molecule has 1 saturated heterocycles. The summed E-state index contributed by atoms with van der Waals surface area (Å²) in [5, 5.41) is 0. The highest BCUT2D eigenvalue weighted by atomic mass is 31.2. The van der Waals surface area contributed by atoms with Crippen molar-refractivity contribution >= 4 is 22.8 Å². The first-order valence-electron chi connectivity index (χ1n) is 16.6. The van der Waals surface area contributed by atoms with E-state index in [1.807, 2.05) is 48.8 Å². The molecule has 1 aliphatic rings. The molecule has 0 aromatic carbocycles. The molecule has 2 heterocycles. The summed E-state index contributed by atoms with van der Waals surface area (Å²) in [7, 11) is -11.8. The smallest absolute Gasteiger partial charge is 0.323 e. The summed E-state index contributed by atoms with van der Waals surface area (Å²) in [4.78, 5) is 44.1. The predicted octanol–water partition coefficient (Wildman–Crippen LogP) is 4.68. The van der Waals surface area contributed by atoms with Crippen LogP contribution in [0.25, 0.3) is 0 Å². The van der Waals surface area contributed by atoms with E-state index in [1.165, 1.54) is 0 Å². The Labute approximate surface area is 276 Å². The fraction of sp³-hybridized carbons (Fsp3) is 0.828. The van der Waals surface area contributed by atoms with Gasteiger partial charge in [0.2, 0.25) is 0 Å². The Balaban J connectivity index is 2.30. The normalized spacial score (nSPS) is 21.1. The van der Waals surface area contributed by atoms with Crippen molar-refractivity contribution in [3.8, 4) is 0 Å². The Hall–Kier alpha value is -0.560. The van der Waals surface area contributed by atoms with E-state index >= 15 is 0 Å². The van der Waals surface area contributed by atoms with Gasteiger partial charge < -0.3 is 28.3 Å². The van der Waals surface area contributed by atoms with Crippen LogP contribution in [0.5, 0.6) is 0 Å². The third kappa shape index (κ3) is 18.8. The minimum Gasteiger partial charge on any atom is -0.323 e. The van der Waals surface area contributed by atoms with Crippen LogP contribution < -0.4 is 0 Å². The van der Waals surface area contributed by atoms with Crippen LogP contribution >= 0.6 is 22.8 Å². The summed E-state index contributed by atoms with van der Waals surface area (Å²) in [6, 6.07) is 5.71. The molecular formula is C29H58N5O9P3. The predicted molar refractivity (Wildman–Crippen MR) is 181 cm³/mol. The largest absolute Gasteiger partial charge is 0.341 e. The monoisotopic (exact) mass is 713 g/mol. The SMILES string of the molecule is CCCCOP(=O)(O)CN1CCN(Cc2ccccn2)CCN(CP(=O)(O)OCCCC)CCN(CP(=O)(O)OCCCC)CC1. The molecule has 268 valence electrons. The second-order valence-corrected chi connectivity index (χ2v) is 17.3. The molecule has 2 rings (SSSR count). The summed E-state index contributed by atoms with van der Waals surface area (Å²) in [5.41, 5.74) is 0.868. The average molecular weight is 714 g/mol. The van der Waals surface area contributed by atoms with Crippen LogP contribution in [0.15, 0.2) is 24.4 Å². The lowest BCUT2D eigenvalue weighted by Gasteiger charge is -2.35. The van der Waals surface area contributed by atoms with Gasteiger partial charge in [-0.25, -0.2) is 0 Å². The van der Waals surface area contributed by atoms with Crippen LogP contribution in [-0.4, -0.2) is 130 Å². The van der Waals surface area contributed by atoms with E-state index in [-0.39, 0.29) is 38.7 Å². The van der Waals surface area contributed by atoms with Gasteiger partial charge in [-0.3, -0.25) is 38.3 Å². The van der Waals surface area contributed by atoms with E-state index < -0.39 is 22.8 Å². The molecule has 14 nitrogen and oxygen atoms in total. The molecule has 46 heavy (non-hydrogen) atoms. The number of hydrogen-bond acceptors (Lipinski definition) is 11. The lowest BCUT2D eigenvalue weighted by atomic mass is 10.3. The van der Waals surface area contributed by atoms with Gasteiger partial charge in [-0.15, -0.1) is 0 Å². The number of rotatable bonds is 20. The molecule has 1 aromatic rings. The average Bonchev–Trinajstić information content (AvgIpc) is 2.99. The number of pyridine rings is 1. The molecule has 0 aliphatic carbocycles. The Morgan fingerprint density at radius 3 is 1.26 bits per heavy atom. The fourth-order valence-electron chi connectivity index (χ4n) is 4.82. The van der Waals surface area contributed by atoms with E-state index in [9.17, 15) is 28.4 Å².